The fourth-order valence-electron chi connectivity index (χ4n) is 2.43. The molecular weight excluding hydrogens is 360 g/mol. The summed E-state index contributed by atoms with van der Waals surface area (Å²) >= 11 is 0. The zero-order valence-electron chi connectivity index (χ0n) is 15.2. The first-order valence-electron chi connectivity index (χ1n) is 8.17. The van der Waals surface area contributed by atoms with E-state index in [0.717, 1.165) is 5.56 Å². The molecule has 0 spiro atoms. The fourth-order valence-corrected chi connectivity index (χ4v) is 2.65. The van der Waals surface area contributed by atoms with Crippen molar-refractivity contribution in [3.63, 3.8) is 0 Å². The Morgan fingerprint density at radius 1 is 1.08 bits per heavy atom. The monoisotopic (exact) mass is 385 g/mol. The van der Waals surface area contributed by atoms with Gasteiger partial charge in [0.05, 0.1) is 0 Å². The standard InChI is InChI=1S/C18H25FNO5P/c1-12(21)20-18(10-24-13(2)22,11-25-14(3)23)9-8-15-4-6-16(7-5-15)17(19)26/h4-7,17H,8-11,26H2,1-3H3,(H,20,21). The Hall–Kier alpha value is -2.01. The molecule has 2 atom stereocenters. The number of hydrogen-bond acceptors (Lipinski definition) is 5. The second kappa shape index (κ2) is 10.2. The first-order chi connectivity index (χ1) is 12.1. The third-order valence-corrected chi connectivity index (χ3v) is 4.12. The van der Waals surface area contributed by atoms with Crippen LogP contribution in [-0.2, 0) is 30.3 Å². The molecule has 6 nitrogen and oxygen atoms in total. The number of carbonyl (C=O) groups is 3. The number of alkyl halides is 1. The highest BCUT2D eigenvalue weighted by Crippen LogP contribution is 2.25. The summed E-state index contributed by atoms with van der Waals surface area (Å²) in [5.41, 5.74) is 0.428. The van der Waals surface area contributed by atoms with E-state index in [1.807, 2.05) is 0 Å². The molecule has 0 fully saturated rings. The summed E-state index contributed by atoms with van der Waals surface area (Å²) < 4.78 is 23.4. The summed E-state index contributed by atoms with van der Waals surface area (Å²) in [6, 6.07) is 6.96. The van der Waals surface area contributed by atoms with Gasteiger partial charge >= 0.3 is 11.9 Å². The van der Waals surface area contributed by atoms with Gasteiger partial charge in [-0.25, -0.2) is 4.39 Å². The summed E-state index contributed by atoms with van der Waals surface area (Å²) in [5, 5.41) is 2.75. The van der Waals surface area contributed by atoms with Gasteiger partial charge in [-0.15, -0.1) is 0 Å². The largest absolute Gasteiger partial charge is 0.463 e. The number of amides is 1. The third kappa shape index (κ3) is 7.91. The zero-order chi connectivity index (χ0) is 19.7. The summed E-state index contributed by atoms with van der Waals surface area (Å²) in [6.45, 7) is 3.63. The van der Waals surface area contributed by atoms with Gasteiger partial charge in [0.25, 0.3) is 0 Å². The van der Waals surface area contributed by atoms with Crippen LogP contribution in [0.5, 0.6) is 0 Å². The van der Waals surface area contributed by atoms with Crippen molar-refractivity contribution in [2.24, 2.45) is 0 Å². The molecule has 0 saturated carbocycles. The van der Waals surface area contributed by atoms with Gasteiger partial charge < -0.3 is 14.8 Å². The topological polar surface area (TPSA) is 81.7 Å². The summed E-state index contributed by atoms with van der Waals surface area (Å²) in [5.74, 6) is -2.46. The second-order valence-electron chi connectivity index (χ2n) is 6.17. The average Bonchev–Trinajstić information content (AvgIpc) is 2.56. The highest BCUT2D eigenvalue weighted by atomic mass is 31.0. The molecule has 1 rings (SSSR count). The third-order valence-electron chi connectivity index (χ3n) is 3.74. The molecule has 1 aromatic rings. The Labute approximate surface area is 155 Å². The quantitative estimate of drug-likeness (QED) is 0.522. The molecule has 2 unspecified atom stereocenters. The molecular formula is C18H25FNO5P. The minimum absolute atomic E-state index is 0.120. The lowest BCUT2D eigenvalue weighted by atomic mass is 9.92. The Morgan fingerprint density at radius 2 is 1.58 bits per heavy atom. The van der Waals surface area contributed by atoms with E-state index in [4.69, 9.17) is 9.47 Å². The summed E-state index contributed by atoms with van der Waals surface area (Å²) in [6.07, 6.45) is 0.878. The van der Waals surface area contributed by atoms with E-state index in [2.05, 4.69) is 14.6 Å². The van der Waals surface area contributed by atoms with E-state index in [1.54, 1.807) is 24.3 Å². The smallest absolute Gasteiger partial charge is 0.302 e. The maximum atomic E-state index is 13.3. The molecule has 1 aromatic carbocycles. The highest BCUT2D eigenvalue weighted by molar-refractivity contribution is 7.16. The molecule has 144 valence electrons. The molecule has 0 saturated heterocycles. The number of ether oxygens (including phenoxy) is 2. The molecule has 1 amide bonds. The van der Waals surface area contributed by atoms with Gasteiger partial charge in [-0.2, -0.15) is 0 Å². The lowest BCUT2D eigenvalue weighted by Gasteiger charge is -2.33. The number of rotatable bonds is 9. The Balaban J connectivity index is 2.93. The van der Waals surface area contributed by atoms with Gasteiger partial charge in [-0.05, 0) is 24.0 Å². The first kappa shape index (κ1) is 22.0. The summed E-state index contributed by atoms with van der Waals surface area (Å²) in [4.78, 5) is 34.1. The average molecular weight is 385 g/mol. The van der Waals surface area contributed by atoms with Gasteiger partial charge in [-0.1, -0.05) is 33.5 Å². The van der Waals surface area contributed by atoms with Crippen molar-refractivity contribution in [1.82, 2.24) is 5.32 Å². The normalized spacial score (nSPS) is 12.2. The maximum absolute atomic E-state index is 13.3. The van der Waals surface area contributed by atoms with Crippen molar-refractivity contribution in [1.29, 1.82) is 0 Å². The van der Waals surface area contributed by atoms with E-state index >= 15 is 0 Å². The van der Waals surface area contributed by atoms with E-state index in [-0.39, 0.29) is 19.1 Å². The van der Waals surface area contributed by atoms with Crippen molar-refractivity contribution in [3.05, 3.63) is 35.4 Å². The maximum Gasteiger partial charge on any atom is 0.302 e. The van der Waals surface area contributed by atoms with Crippen LogP contribution in [0.2, 0.25) is 0 Å². The molecule has 1 N–H and O–H groups in total. The molecule has 26 heavy (non-hydrogen) atoms. The second-order valence-corrected chi connectivity index (χ2v) is 6.75. The molecule has 0 bridgehead atoms. The number of carbonyl (C=O) groups excluding carboxylic acids is 3. The van der Waals surface area contributed by atoms with Crippen LogP contribution >= 0.6 is 9.24 Å². The van der Waals surface area contributed by atoms with Gasteiger partial charge in [0.15, 0.2) is 0 Å². The van der Waals surface area contributed by atoms with Gasteiger partial charge in [0.1, 0.15) is 24.7 Å². The molecule has 0 heterocycles. The number of hydrogen-bond donors (Lipinski definition) is 1. The number of aryl methyl sites for hydroxylation is 1. The van der Waals surface area contributed by atoms with Crippen LogP contribution in [-0.4, -0.2) is 36.6 Å². The fraction of sp³-hybridized carbons (Fsp3) is 0.500. The molecule has 0 aliphatic carbocycles. The van der Waals surface area contributed by atoms with Crippen LogP contribution in [0.1, 0.15) is 44.2 Å². The molecule has 0 aromatic heterocycles. The Bertz CT molecular complexity index is 615. The lowest BCUT2D eigenvalue weighted by molar-refractivity contribution is -0.150. The molecule has 0 aliphatic heterocycles. The summed E-state index contributed by atoms with van der Waals surface area (Å²) in [7, 11) is 2.09. The van der Waals surface area contributed by atoms with Crippen molar-refractivity contribution in [2.45, 2.75) is 45.1 Å². The predicted octanol–water partition coefficient (Wildman–Crippen LogP) is 2.46. The minimum Gasteiger partial charge on any atom is -0.463 e. The van der Waals surface area contributed by atoms with Crippen molar-refractivity contribution >= 4 is 27.1 Å². The van der Waals surface area contributed by atoms with Crippen molar-refractivity contribution < 1.29 is 28.2 Å². The van der Waals surface area contributed by atoms with Crippen LogP contribution in [0.15, 0.2) is 24.3 Å². The van der Waals surface area contributed by atoms with E-state index in [0.29, 0.717) is 18.4 Å². The minimum atomic E-state index is -1.13. The van der Waals surface area contributed by atoms with Gasteiger partial charge in [0.2, 0.25) is 5.91 Å². The van der Waals surface area contributed by atoms with Crippen LogP contribution in [0, 0.1) is 0 Å². The van der Waals surface area contributed by atoms with Crippen molar-refractivity contribution in [3.8, 4) is 0 Å². The van der Waals surface area contributed by atoms with Crippen LogP contribution in [0.3, 0.4) is 0 Å². The molecule has 8 heteroatoms. The number of esters is 2. The number of nitrogens with one attached hydrogen (secondary N) is 1. The van der Waals surface area contributed by atoms with Gasteiger partial charge in [0, 0.05) is 20.8 Å². The SMILES string of the molecule is CC(=O)NC(CCc1ccc(C(F)P)cc1)(COC(C)=O)COC(C)=O. The Morgan fingerprint density at radius 3 is 1.96 bits per heavy atom. The number of benzene rings is 1. The highest BCUT2D eigenvalue weighted by Gasteiger charge is 2.34. The van der Waals surface area contributed by atoms with Gasteiger partial charge in [-0.3, -0.25) is 14.4 Å². The van der Waals surface area contributed by atoms with E-state index in [9.17, 15) is 18.8 Å². The number of halogens is 1. The first-order valence-corrected chi connectivity index (χ1v) is 8.84. The van der Waals surface area contributed by atoms with Crippen molar-refractivity contribution in [2.75, 3.05) is 13.2 Å². The molecule has 0 aliphatic rings. The Kier molecular flexibility index (Phi) is 8.66. The molecule has 0 radical (unpaired) electrons. The zero-order valence-corrected chi connectivity index (χ0v) is 16.4. The van der Waals surface area contributed by atoms with Crippen LogP contribution in [0.4, 0.5) is 4.39 Å². The van der Waals surface area contributed by atoms with Crippen LogP contribution in [0.25, 0.3) is 0 Å². The lowest BCUT2D eigenvalue weighted by Crippen LogP contribution is -2.55. The van der Waals surface area contributed by atoms with E-state index in [1.165, 1.54) is 20.8 Å². The predicted molar refractivity (Wildman–Crippen MR) is 98.1 cm³/mol. The van der Waals surface area contributed by atoms with E-state index < -0.39 is 23.4 Å². The van der Waals surface area contributed by atoms with Crippen LogP contribution < -0.4 is 5.32 Å².